The number of aliphatic hydroxyl groups excluding tert-OH is 1. The van der Waals surface area contributed by atoms with Crippen LogP contribution in [0, 0.1) is 5.92 Å². The van der Waals surface area contributed by atoms with Crippen molar-refractivity contribution in [3.63, 3.8) is 0 Å². The summed E-state index contributed by atoms with van der Waals surface area (Å²) in [7, 11) is 0. The first-order valence-corrected chi connectivity index (χ1v) is 22.2. The minimum atomic E-state index is -0.224. The van der Waals surface area contributed by atoms with Crippen LogP contribution in [-0.2, 0) is 27.3 Å². The second-order valence-electron chi connectivity index (χ2n) is 16.9. The van der Waals surface area contributed by atoms with Gasteiger partial charge in [0.25, 0.3) is 0 Å². The lowest BCUT2D eigenvalue weighted by atomic mass is 9.90. The third-order valence-electron chi connectivity index (χ3n) is 12.9. The smallest absolute Gasteiger partial charge is 0.234 e. The molecule has 1 atom stereocenters. The van der Waals surface area contributed by atoms with Crippen molar-refractivity contribution in [1.29, 1.82) is 0 Å². The number of carbonyl (C=O) groups excluding carboxylic acids is 2. The second-order valence-corrected chi connectivity index (χ2v) is 16.9. The van der Waals surface area contributed by atoms with Gasteiger partial charge in [-0.1, -0.05) is 75.2 Å². The zero-order valence-corrected chi connectivity index (χ0v) is 34.8. The molecule has 58 heavy (non-hydrogen) atoms. The zero-order valence-electron chi connectivity index (χ0n) is 34.8. The fourth-order valence-corrected chi connectivity index (χ4v) is 8.94. The van der Waals surface area contributed by atoms with E-state index in [0.717, 1.165) is 140 Å². The number of unbranched alkanes of at least 4 members (excludes halogenated alkanes) is 1. The Morgan fingerprint density at radius 3 is 2.29 bits per heavy atom. The van der Waals surface area contributed by atoms with E-state index in [1.165, 1.54) is 22.3 Å². The number of aryl methyl sites for hydroxylation is 1. The molecule has 7 rings (SSSR count). The number of anilines is 1. The molecule has 2 aliphatic heterocycles. The summed E-state index contributed by atoms with van der Waals surface area (Å²) in [5, 5.41) is 17.3. The van der Waals surface area contributed by atoms with E-state index in [2.05, 4.69) is 81.4 Å². The summed E-state index contributed by atoms with van der Waals surface area (Å²) in [4.78, 5) is 38.6. The van der Waals surface area contributed by atoms with Crippen molar-refractivity contribution in [1.82, 2.24) is 29.7 Å². The molecule has 3 fully saturated rings. The van der Waals surface area contributed by atoms with E-state index in [9.17, 15) is 14.7 Å². The Bertz CT molecular complexity index is 1910. The van der Waals surface area contributed by atoms with Crippen LogP contribution in [0.15, 0.2) is 60.9 Å². The number of nitrogens with zero attached hydrogens (tertiary/aromatic N) is 5. The molecule has 2 saturated heterocycles. The molecule has 1 unspecified atom stereocenters. The van der Waals surface area contributed by atoms with Crippen LogP contribution >= 0.6 is 0 Å². The number of piperidine rings is 1. The van der Waals surface area contributed by atoms with Gasteiger partial charge in [-0.25, -0.2) is 4.98 Å². The van der Waals surface area contributed by atoms with Crippen molar-refractivity contribution in [3.05, 3.63) is 77.6 Å². The number of rotatable bonds is 19. The lowest BCUT2D eigenvalue weighted by Gasteiger charge is -2.34. The number of aliphatic hydroxyl groups is 1. The van der Waals surface area contributed by atoms with E-state index in [1.807, 2.05) is 18.3 Å². The number of imide groups is 1. The van der Waals surface area contributed by atoms with Gasteiger partial charge < -0.3 is 24.6 Å². The molecule has 1 aliphatic carbocycles. The number of ether oxygens (including phenoxy) is 1. The van der Waals surface area contributed by atoms with Crippen LogP contribution in [0.4, 0.5) is 5.95 Å². The molecule has 0 radical (unpaired) electrons. The summed E-state index contributed by atoms with van der Waals surface area (Å²) in [6.07, 6.45) is 15.1. The second kappa shape index (κ2) is 20.7. The number of fused-ring (bicyclic) bond motifs is 1. The molecule has 11 heteroatoms. The zero-order chi connectivity index (χ0) is 40.3. The fourth-order valence-electron chi connectivity index (χ4n) is 8.94. The average Bonchev–Trinajstić information content (AvgIpc) is 3.62. The molecule has 312 valence electrons. The number of amides is 2. The minimum Gasteiger partial charge on any atom is -0.393 e. The van der Waals surface area contributed by atoms with Crippen molar-refractivity contribution < 1.29 is 19.4 Å². The third-order valence-corrected chi connectivity index (χ3v) is 12.9. The Morgan fingerprint density at radius 1 is 0.862 bits per heavy atom. The van der Waals surface area contributed by atoms with E-state index in [4.69, 9.17) is 14.7 Å². The van der Waals surface area contributed by atoms with E-state index < -0.39 is 0 Å². The molecule has 1 saturated carbocycles. The van der Waals surface area contributed by atoms with E-state index in [1.54, 1.807) is 0 Å². The van der Waals surface area contributed by atoms with E-state index in [-0.39, 0.29) is 23.8 Å². The van der Waals surface area contributed by atoms with Gasteiger partial charge in [0.15, 0.2) is 0 Å². The van der Waals surface area contributed by atoms with Crippen LogP contribution in [0.5, 0.6) is 0 Å². The summed E-state index contributed by atoms with van der Waals surface area (Å²) in [5.41, 5.74) is 6.92. The van der Waals surface area contributed by atoms with E-state index >= 15 is 0 Å². The summed E-state index contributed by atoms with van der Waals surface area (Å²) < 4.78 is 8.32. The summed E-state index contributed by atoms with van der Waals surface area (Å²) >= 11 is 0. The van der Waals surface area contributed by atoms with Gasteiger partial charge in [0.1, 0.15) is 5.65 Å². The first-order valence-electron chi connectivity index (χ1n) is 22.2. The number of nitrogens with one attached hydrogen (secondary N) is 2. The van der Waals surface area contributed by atoms with Crippen LogP contribution in [-0.4, -0.2) is 99.8 Å². The van der Waals surface area contributed by atoms with Crippen LogP contribution in [0.25, 0.3) is 22.2 Å². The van der Waals surface area contributed by atoms with Crippen LogP contribution in [0.3, 0.4) is 0 Å². The number of benzene rings is 2. The first kappa shape index (κ1) is 42.0. The number of hydrogen-bond acceptors (Lipinski definition) is 9. The summed E-state index contributed by atoms with van der Waals surface area (Å²) in [5.74, 6) is 0.726. The van der Waals surface area contributed by atoms with Crippen molar-refractivity contribution >= 4 is 28.8 Å². The minimum absolute atomic E-state index is 0.174. The van der Waals surface area contributed by atoms with Gasteiger partial charge in [0.05, 0.1) is 12.0 Å². The van der Waals surface area contributed by atoms with Crippen LogP contribution in [0.1, 0.15) is 113 Å². The standard InChI is InChI=1S/C47H65N7O4/c1-3-34(4-2)30-48-47-49-31-42-43(33-54(45(42)51-47)39-17-19-40(55)20-18-39)38-15-11-36(12-16-38)32-53-26-24-52(25-27-53)23-5-6-28-58-29-7-8-35-9-13-37(14-10-35)41-21-22-44(56)50-46(41)57/h9-16,31,33-34,39-41,55H,3-8,17-30,32H2,1-2H3,(H,48,49,51)(H,50,56,57). The molecule has 2 amide bonds. The highest BCUT2D eigenvalue weighted by molar-refractivity contribution is 6.01. The van der Waals surface area contributed by atoms with Gasteiger partial charge in [-0.3, -0.25) is 19.8 Å². The Labute approximate surface area is 345 Å². The Hall–Kier alpha value is -4.16. The Balaban J connectivity index is 0.816. The normalized spacial score (nSPS) is 20.9. The van der Waals surface area contributed by atoms with Crippen molar-refractivity contribution in [2.45, 2.75) is 116 Å². The average molecular weight is 792 g/mol. The van der Waals surface area contributed by atoms with Gasteiger partial charge in [-0.2, -0.15) is 4.98 Å². The molecule has 2 aromatic heterocycles. The van der Waals surface area contributed by atoms with Gasteiger partial charge in [-0.15, -0.1) is 0 Å². The topological polar surface area (TPSA) is 125 Å². The number of aromatic nitrogens is 3. The van der Waals surface area contributed by atoms with Crippen molar-refractivity contribution in [2.75, 3.05) is 57.8 Å². The highest BCUT2D eigenvalue weighted by Crippen LogP contribution is 2.37. The van der Waals surface area contributed by atoms with Gasteiger partial charge in [-0.05, 0) is 92.5 Å². The maximum Gasteiger partial charge on any atom is 0.234 e. The van der Waals surface area contributed by atoms with Crippen LogP contribution < -0.4 is 10.6 Å². The van der Waals surface area contributed by atoms with Crippen molar-refractivity contribution in [3.8, 4) is 11.1 Å². The molecule has 0 spiro atoms. The maximum absolute atomic E-state index is 12.2. The van der Waals surface area contributed by atoms with Gasteiger partial charge >= 0.3 is 0 Å². The molecule has 11 nitrogen and oxygen atoms in total. The Morgan fingerprint density at radius 2 is 1.57 bits per heavy atom. The number of hydrogen-bond donors (Lipinski definition) is 3. The summed E-state index contributed by atoms with van der Waals surface area (Å²) in [6.45, 7) is 13.4. The molecule has 4 aromatic rings. The molecule has 2 aromatic carbocycles. The molecule has 3 aliphatic rings. The molecular weight excluding hydrogens is 727 g/mol. The monoisotopic (exact) mass is 792 g/mol. The molecule has 4 heterocycles. The lowest BCUT2D eigenvalue weighted by molar-refractivity contribution is -0.134. The fraction of sp³-hybridized carbons (Fsp3) is 0.574. The highest BCUT2D eigenvalue weighted by atomic mass is 16.5. The largest absolute Gasteiger partial charge is 0.393 e. The van der Waals surface area contributed by atoms with Gasteiger partial charge in [0.2, 0.25) is 17.8 Å². The quantitative estimate of drug-likeness (QED) is 0.0655. The highest BCUT2D eigenvalue weighted by Gasteiger charge is 2.28. The number of carbonyl (C=O) groups is 2. The number of piperazine rings is 1. The molecule has 0 bridgehead atoms. The summed E-state index contributed by atoms with van der Waals surface area (Å²) in [6, 6.07) is 17.7. The Kier molecular flexibility index (Phi) is 15.0. The van der Waals surface area contributed by atoms with Gasteiger partial charge in [0, 0.05) is 88.3 Å². The van der Waals surface area contributed by atoms with E-state index in [0.29, 0.717) is 30.7 Å². The molecular formula is C47H65N7O4. The first-order chi connectivity index (χ1) is 28.4. The van der Waals surface area contributed by atoms with Crippen LogP contribution in [0.2, 0.25) is 0 Å². The van der Waals surface area contributed by atoms with Crippen molar-refractivity contribution in [2.24, 2.45) is 5.92 Å². The third kappa shape index (κ3) is 11.1. The SMILES string of the molecule is CCC(CC)CNc1ncc2c(-c3ccc(CN4CCN(CCCCOCCCc5ccc(C6CCC(=O)NC6=O)cc5)CC4)cc3)cn(C3CCC(O)CC3)c2n1. The predicted molar refractivity (Wildman–Crippen MR) is 231 cm³/mol. The lowest BCUT2D eigenvalue weighted by Crippen LogP contribution is -2.46. The maximum atomic E-state index is 12.2. The predicted octanol–water partition coefficient (Wildman–Crippen LogP) is 7.49. The molecule has 3 N–H and O–H groups in total.